The molecule has 1 saturated heterocycles. The molecule has 1 aliphatic heterocycles. The fourth-order valence-electron chi connectivity index (χ4n) is 3.62. The number of carbonyl (C=O) groups excluding carboxylic acids is 1. The zero-order valence-electron chi connectivity index (χ0n) is 14.7. The molecule has 27 heavy (non-hydrogen) atoms. The number of nitrogens with zero attached hydrogens (tertiary/aromatic N) is 4. The lowest BCUT2D eigenvalue weighted by Crippen LogP contribution is -2.49. The second kappa shape index (κ2) is 6.83. The minimum Gasteiger partial charge on any atom is -0.352 e. The summed E-state index contributed by atoms with van der Waals surface area (Å²) in [6.45, 7) is 2.04. The van der Waals surface area contributed by atoms with Crippen LogP contribution in [-0.2, 0) is 19.0 Å². The lowest BCUT2D eigenvalue weighted by atomic mass is 10.1. The first-order valence-electron chi connectivity index (χ1n) is 8.99. The first-order chi connectivity index (χ1) is 12.9. The lowest BCUT2D eigenvalue weighted by molar-refractivity contribution is -0.137. The zero-order chi connectivity index (χ0) is 19.0. The van der Waals surface area contributed by atoms with Gasteiger partial charge < -0.3 is 9.80 Å². The largest absolute Gasteiger partial charge is 0.416 e. The molecule has 2 heterocycles. The van der Waals surface area contributed by atoms with Crippen LogP contribution in [0.2, 0.25) is 0 Å². The van der Waals surface area contributed by atoms with Gasteiger partial charge in [-0.3, -0.25) is 4.79 Å². The molecule has 0 saturated carbocycles. The molecule has 1 aromatic carbocycles. The molecule has 0 unspecified atom stereocenters. The molecule has 4 rings (SSSR count). The second-order valence-electron chi connectivity index (χ2n) is 6.89. The Morgan fingerprint density at radius 1 is 1.00 bits per heavy atom. The number of alkyl halides is 3. The van der Waals surface area contributed by atoms with E-state index >= 15 is 0 Å². The topological polar surface area (TPSA) is 49.3 Å². The Morgan fingerprint density at radius 3 is 2.52 bits per heavy atom. The third-order valence-electron chi connectivity index (χ3n) is 5.13. The van der Waals surface area contributed by atoms with Gasteiger partial charge in [0.15, 0.2) is 5.82 Å². The van der Waals surface area contributed by atoms with Crippen LogP contribution in [0, 0.1) is 0 Å². The van der Waals surface area contributed by atoms with Crippen molar-refractivity contribution in [3.05, 3.63) is 52.7 Å². The number of aryl methyl sites for hydroxylation is 2. The Balaban J connectivity index is 1.42. The predicted molar refractivity (Wildman–Crippen MR) is 93.6 cm³/mol. The number of hydrogen-bond donors (Lipinski definition) is 0. The van der Waals surface area contributed by atoms with E-state index in [2.05, 4.69) is 21.2 Å². The van der Waals surface area contributed by atoms with Crippen molar-refractivity contribution in [3.8, 4) is 0 Å². The number of hydrogen-bond acceptors (Lipinski definition) is 4. The average molecular weight is 376 g/mol. The van der Waals surface area contributed by atoms with Crippen LogP contribution >= 0.6 is 0 Å². The number of carbonyl (C=O) groups is 1. The summed E-state index contributed by atoms with van der Waals surface area (Å²) in [6, 6.07) is 6.66. The van der Waals surface area contributed by atoms with Gasteiger partial charge >= 0.3 is 6.18 Å². The minimum absolute atomic E-state index is 0.0654. The summed E-state index contributed by atoms with van der Waals surface area (Å²) >= 11 is 0. The molecule has 0 N–H and O–H groups in total. The second-order valence-corrected chi connectivity index (χ2v) is 6.89. The number of aromatic nitrogens is 2. The first-order valence-corrected chi connectivity index (χ1v) is 8.99. The van der Waals surface area contributed by atoms with E-state index in [-0.39, 0.29) is 11.5 Å². The van der Waals surface area contributed by atoms with E-state index in [9.17, 15) is 18.0 Å². The van der Waals surface area contributed by atoms with Crippen LogP contribution < -0.4 is 4.90 Å². The van der Waals surface area contributed by atoms with Crippen molar-refractivity contribution in [2.24, 2.45) is 0 Å². The number of halogens is 3. The molecule has 1 aliphatic carbocycles. The normalized spacial score (nSPS) is 17.1. The molecule has 142 valence electrons. The van der Waals surface area contributed by atoms with Crippen LogP contribution in [-0.4, -0.2) is 47.2 Å². The summed E-state index contributed by atoms with van der Waals surface area (Å²) < 4.78 is 38.6. The van der Waals surface area contributed by atoms with Gasteiger partial charge in [0.1, 0.15) is 0 Å². The molecule has 5 nitrogen and oxygen atoms in total. The smallest absolute Gasteiger partial charge is 0.352 e. The van der Waals surface area contributed by atoms with Gasteiger partial charge in [0.25, 0.3) is 5.91 Å². The van der Waals surface area contributed by atoms with E-state index in [1.54, 1.807) is 4.90 Å². The number of benzene rings is 1. The van der Waals surface area contributed by atoms with Crippen molar-refractivity contribution < 1.29 is 18.0 Å². The monoisotopic (exact) mass is 376 g/mol. The number of fused-ring (bicyclic) bond motifs is 1. The summed E-state index contributed by atoms with van der Waals surface area (Å²) in [6.07, 6.45) is -1.36. The van der Waals surface area contributed by atoms with Crippen molar-refractivity contribution in [1.82, 2.24) is 15.1 Å². The molecule has 0 bridgehead atoms. The molecule has 2 aromatic rings. The standard InChI is InChI=1S/C19H19F3N4O/c20-19(21,22)15-5-1-4-14(11-15)18(27)26-9-7-25(8-10-26)17-12-13-3-2-6-16(13)23-24-17/h1,4-5,11-12H,2-3,6-10H2. The molecule has 1 amide bonds. The SMILES string of the molecule is O=C(c1cccc(C(F)(F)F)c1)N1CCN(c2cc3c(nn2)CCC3)CC1. The Morgan fingerprint density at radius 2 is 1.78 bits per heavy atom. The Hall–Kier alpha value is -2.64. The maximum atomic E-state index is 12.9. The van der Waals surface area contributed by atoms with Crippen molar-refractivity contribution in [3.63, 3.8) is 0 Å². The highest BCUT2D eigenvalue weighted by atomic mass is 19.4. The predicted octanol–water partition coefficient (Wildman–Crippen LogP) is 2.95. The summed E-state index contributed by atoms with van der Waals surface area (Å²) in [5, 5.41) is 8.58. The lowest BCUT2D eigenvalue weighted by Gasteiger charge is -2.35. The fourth-order valence-corrected chi connectivity index (χ4v) is 3.62. The van der Waals surface area contributed by atoms with Crippen molar-refractivity contribution in [2.45, 2.75) is 25.4 Å². The van der Waals surface area contributed by atoms with E-state index in [4.69, 9.17) is 0 Å². The third kappa shape index (κ3) is 3.61. The molecule has 0 spiro atoms. The van der Waals surface area contributed by atoms with Gasteiger partial charge in [-0.25, -0.2) is 0 Å². The van der Waals surface area contributed by atoms with Crippen LogP contribution in [0.4, 0.5) is 19.0 Å². The quantitative estimate of drug-likeness (QED) is 0.809. The maximum Gasteiger partial charge on any atom is 0.416 e. The average Bonchev–Trinajstić information content (AvgIpc) is 3.15. The van der Waals surface area contributed by atoms with Gasteiger partial charge in [-0.2, -0.15) is 18.3 Å². The fraction of sp³-hybridized carbons (Fsp3) is 0.421. The van der Waals surface area contributed by atoms with E-state index in [1.807, 2.05) is 0 Å². The molecular formula is C19H19F3N4O. The zero-order valence-corrected chi connectivity index (χ0v) is 14.7. The van der Waals surface area contributed by atoms with Crippen molar-refractivity contribution in [2.75, 3.05) is 31.1 Å². The molecule has 2 aliphatic rings. The Kier molecular flexibility index (Phi) is 4.49. The van der Waals surface area contributed by atoms with Crippen LogP contribution in [0.15, 0.2) is 30.3 Å². The molecule has 1 aromatic heterocycles. The maximum absolute atomic E-state index is 12.9. The number of rotatable bonds is 2. The van der Waals surface area contributed by atoms with Gasteiger partial charge in [-0.05, 0) is 49.1 Å². The van der Waals surface area contributed by atoms with Crippen LogP contribution in [0.3, 0.4) is 0 Å². The van der Waals surface area contributed by atoms with E-state index in [0.29, 0.717) is 26.2 Å². The molecule has 1 fully saturated rings. The van der Waals surface area contributed by atoms with Crippen LogP contribution in [0.5, 0.6) is 0 Å². The van der Waals surface area contributed by atoms with Gasteiger partial charge in [0, 0.05) is 31.7 Å². The Bertz CT molecular complexity index is 860. The first kappa shape index (κ1) is 17.8. The van der Waals surface area contributed by atoms with Crippen LogP contribution in [0.1, 0.15) is 33.6 Å². The van der Waals surface area contributed by atoms with E-state index in [0.717, 1.165) is 42.9 Å². The van der Waals surface area contributed by atoms with Gasteiger partial charge in [-0.1, -0.05) is 6.07 Å². The number of anilines is 1. The summed E-state index contributed by atoms with van der Waals surface area (Å²) in [4.78, 5) is 16.2. The number of piperazine rings is 1. The van der Waals surface area contributed by atoms with Crippen molar-refractivity contribution in [1.29, 1.82) is 0 Å². The highest BCUT2D eigenvalue weighted by Gasteiger charge is 2.32. The van der Waals surface area contributed by atoms with E-state index in [1.165, 1.54) is 17.7 Å². The highest BCUT2D eigenvalue weighted by molar-refractivity contribution is 5.94. The summed E-state index contributed by atoms with van der Waals surface area (Å²) in [5.41, 5.74) is 1.57. The highest BCUT2D eigenvalue weighted by Crippen LogP contribution is 2.30. The summed E-state index contributed by atoms with van der Waals surface area (Å²) in [5.74, 6) is 0.433. The van der Waals surface area contributed by atoms with Gasteiger partial charge in [0.05, 0.1) is 11.3 Å². The van der Waals surface area contributed by atoms with Gasteiger partial charge in [0.2, 0.25) is 0 Å². The molecule has 0 radical (unpaired) electrons. The minimum atomic E-state index is -4.46. The number of amides is 1. The van der Waals surface area contributed by atoms with E-state index < -0.39 is 11.7 Å². The molecule has 8 heteroatoms. The molecule has 0 atom stereocenters. The third-order valence-corrected chi connectivity index (χ3v) is 5.13. The van der Waals surface area contributed by atoms with Crippen molar-refractivity contribution >= 4 is 11.7 Å². The van der Waals surface area contributed by atoms with Crippen LogP contribution in [0.25, 0.3) is 0 Å². The molecular weight excluding hydrogens is 357 g/mol. The summed E-state index contributed by atoms with van der Waals surface area (Å²) in [7, 11) is 0. The van der Waals surface area contributed by atoms with Gasteiger partial charge in [-0.15, -0.1) is 5.10 Å². The Labute approximate surface area is 154 Å².